The topological polar surface area (TPSA) is 57.8 Å². The van der Waals surface area contributed by atoms with Crippen molar-refractivity contribution < 1.29 is 9.18 Å². The Balaban J connectivity index is 1.85. The van der Waals surface area contributed by atoms with Gasteiger partial charge in [0.15, 0.2) is 0 Å². The summed E-state index contributed by atoms with van der Waals surface area (Å²) in [5, 5.41) is 3.41. The minimum absolute atomic E-state index is 0.178. The first-order valence-electron chi connectivity index (χ1n) is 6.67. The molecule has 1 unspecified atom stereocenters. The lowest BCUT2D eigenvalue weighted by molar-refractivity contribution is 0.0938. The van der Waals surface area contributed by atoms with Crippen molar-refractivity contribution in [1.82, 2.24) is 15.3 Å². The summed E-state index contributed by atoms with van der Waals surface area (Å²) in [5.41, 5.74) is 0. The van der Waals surface area contributed by atoms with Crippen LogP contribution in [-0.4, -0.2) is 15.9 Å². The lowest BCUT2D eigenvalue weighted by Crippen LogP contribution is -2.28. The summed E-state index contributed by atoms with van der Waals surface area (Å²) in [6, 6.07) is 6.27. The lowest BCUT2D eigenvalue weighted by Gasteiger charge is -2.13. The summed E-state index contributed by atoms with van der Waals surface area (Å²) in [6.07, 6.45) is 4.09. The highest BCUT2D eigenvalue weighted by atomic mass is 32.1. The molecule has 0 spiro atoms. The number of imidazole rings is 1. The van der Waals surface area contributed by atoms with Gasteiger partial charge in [0.2, 0.25) is 0 Å². The zero-order chi connectivity index (χ0) is 14.8. The average molecular weight is 303 g/mol. The van der Waals surface area contributed by atoms with Crippen LogP contribution in [0.4, 0.5) is 4.39 Å². The van der Waals surface area contributed by atoms with Gasteiger partial charge in [-0.15, -0.1) is 11.3 Å². The second kappa shape index (κ2) is 5.65. The number of rotatable bonds is 4. The largest absolute Gasteiger partial charge is 0.347 e. The molecule has 4 nitrogen and oxygen atoms in total. The van der Waals surface area contributed by atoms with Crippen LogP contribution < -0.4 is 5.32 Å². The molecule has 2 aromatic heterocycles. The first kappa shape index (κ1) is 13.8. The number of thiophene rings is 1. The molecule has 0 fully saturated rings. The van der Waals surface area contributed by atoms with E-state index in [4.69, 9.17) is 0 Å². The summed E-state index contributed by atoms with van der Waals surface area (Å²) in [4.78, 5) is 20.0. The van der Waals surface area contributed by atoms with E-state index >= 15 is 0 Å². The van der Waals surface area contributed by atoms with Crippen molar-refractivity contribution in [3.63, 3.8) is 0 Å². The molecule has 3 aromatic rings. The highest BCUT2D eigenvalue weighted by Crippen LogP contribution is 2.28. The van der Waals surface area contributed by atoms with Crippen LogP contribution in [0, 0.1) is 5.82 Å². The monoisotopic (exact) mass is 303 g/mol. The van der Waals surface area contributed by atoms with E-state index in [1.54, 1.807) is 24.5 Å². The number of hydrogen-bond donors (Lipinski definition) is 2. The molecule has 6 heteroatoms. The van der Waals surface area contributed by atoms with Gasteiger partial charge in [-0.25, -0.2) is 9.37 Å². The van der Waals surface area contributed by atoms with Gasteiger partial charge in [-0.1, -0.05) is 13.0 Å². The van der Waals surface area contributed by atoms with Gasteiger partial charge in [0.1, 0.15) is 11.6 Å². The zero-order valence-corrected chi connectivity index (χ0v) is 12.2. The maximum Gasteiger partial charge on any atom is 0.261 e. The fourth-order valence-corrected chi connectivity index (χ4v) is 3.18. The number of nitrogens with one attached hydrogen (secondary N) is 2. The smallest absolute Gasteiger partial charge is 0.261 e. The van der Waals surface area contributed by atoms with Gasteiger partial charge in [-0.05, 0) is 24.6 Å². The molecule has 1 aromatic carbocycles. The molecule has 0 bridgehead atoms. The van der Waals surface area contributed by atoms with Crippen molar-refractivity contribution in [2.75, 3.05) is 0 Å². The summed E-state index contributed by atoms with van der Waals surface area (Å²) < 4.78 is 14.4. The summed E-state index contributed by atoms with van der Waals surface area (Å²) in [7, 11) is 0. The van der Waals surface area contributed by atoms with E-state index < -0.39 is 0 Å². The predicted molar refractivity (Wildman–Crippen MR) is 80.9 cm³/mol. The molecule has 1 amide bonds. The predicted octanol–water partition coefficient (Wildman–Crippen LogP) is 3.64. The summed E-state index contributed by atoms with van der Waals surface area (Å²) >= 11 is 1.29. The molecular formula is C15H14FN3OS. The second-order valence-electron chi connectivity index (χ2n) is 4.67. The van der Waals surface area contributed by atoms with Crippen molar-refractivity contribution in [2.24, 2.45) is 0 Å². The minimum atomic E-state index is -0.305. The molecular weight excluding hydrogens is 289 g/mol. The Morgan fingerprint density at radius 3 is 3.05 bits per heavy atom. The Morgan fingerprint density at radius 1 is 1.52 bits per heavy atom. The van der Waals surface area contributed by atoms with Gasteiger partial charge in [0, 0.05) is 22.5 Å². The van der Waals surface area contributed by atoms with E-state index in [0.29, 0.717) is 10.3 Å². The van der Waals surface area contributed by atoms with Crippen LogP contribution in [0.25, 0.3) is 10.1 Å². The zero-order valence-electron chi connectivity index (χ0n) is 11.4. The van der Waals surface area contributed by atoms with Crippen molar-refractivity contribution in [3.05, 3.63) is 53.2 Å². The number of benzene rings is 1. The molecule has 21 heavy (non-hydrogen) atoms. The number of amides is 1. The normalized spacial score (nSPS) is 12.5. The Kier molecular flexibility index (Phi) is 3.70. The molecule has 0 aliphatic heterocycles. The summed E-state index contributed by atoms with van der Waals surface area (Å²) in [5.74, 6) is 0.206. The first-order valence-corrected chi connectivity index (χ1v) is 7.49. The van der Waals surface area contributed by atoms with E-state index in [1.807, 2.05) is 13.0 Å². The molecule has 0 saturated carbocycles. The van der Waals surface area contributed by atoms with Crippen LogP contribution in [0.2, 0.25) is 0 Å². The van der Waals surface area contributed by atoms with E-state index in [-0.39, 0.29) is 17.8 Å². The molecule has 0 aliphatic carbocycles. The number of fused-ring (bicyclic) bond motifs is 1. The number of halogens is 1. The number of aromatic amines is 1. The van der Waals surface area contributed by atoms with Crippen LogP contribution >= 0.6 is 11.3 Å². The Labute approximate surface area is 125 Å². The number of nitrogens with zero attached hydrogens (tertiary/aromatic N) is 1. The number of carbonyl (C=O) groups excluding carboxylic acids is 1. The van der Waals surface area contributed by atoms with Crippen molar-refractivity contribution in [1.29, 1.82) is 0 Å². The van der Waals surface area contributed by atoms with Crippen LogP contribution in [0.5, 0.6) is 0 Å². The van der Waals surface area contributed by atoms with E-state index in [1.165, 1.54) is 17.4 Å². The Morgan fingerprint density at radius 2 is 2.38 bits per heavy atom. The number of H-pyrrole nitrogens is 1. The van der Waals surface area contributed by atoms with Gasteiger partial charge in [-0.3, -0.25) is 4.79 Å². The van der Waals surface area contributed by atoms with E-state index in [0.717, 1.165) is 16.9 Å². The molecule has 2 N–H and O–H groups in total. The van der Waals surface area contributed by atoms with Gasteiger partial charge >= 0.3 is 0 Å². The SMILES string of the molecule is CCC(NC(=O)c1cc2c(F)cccc2s1)c1ncc[nH]1. The third kappa shape index (κ3) is 2.67. The molecule has 0 radical (unpaired) electrons. The maximum absolute atomic E-state index is 13.7. The van der Waals surface area contributed by atoms with Crippen LogP contribution in [-0.2, 0) is 0 Å². The minimum Gasteiger partial charge on any atom is -0.347 e. The highest BCUT2D eigenvalue weighted by Gasteiger charge is 2.18. The van der Waals surface area contributed by atoms with Crippen LogP contribution in [0.3, 0.4) is 0 Å². The third-order valence-corrected chi connectivity index (χ3v) is 4.39. The number of hydrogen-bond acceptors (Lipinski definition) is 3. The van der Waals surface area contributed by atoms with Crippen molar-refractivity contribution in [3.8, 4) is 0 Å². The quantitative estimate of drug-likeness (QED) is 0.773. The van der Waals surface area contributed by atoms with Gasteiger partial charge in [0.05, 0.1) is 10.9 Å². The average Bonchev–Trinajstić information content (AvgIpc) is 3.14. The summed E-state index contributed by atoms with van der Waals surface area (Å²) in [6.45, 7) is 1.97. The molecule has 3 rings (SSSR count). The molecule has 1 atom stereocenters. The Bertz CT molecular complexity index is 766. The number of aromatic nitrogens is 2. The van der Waals surface area contributed by atoms with Gasteiger partial charge < -0.3 is 10.3 Å². The van der Waals surface area contributed by atoms with Gasteiger partial charge in [-0.2, -0.15) is 0 Å². The van der Waals surface area contributed by atoms with E-state index in [9.17, 15) is 9.18 Å². The molecule has 108 valence electrons. The van der Waals surface area contributed by atoms with Crippen LogP contribution in [0.1, 0.15) is 34.9 Å². The van der Waals surface area contributed by atoms with E-state index in [2.05, 4.69) is 15.3 Å². The van der Waals surface area contributed by atoms with Gasteiger partial charge in [0.25, 0.3) is 5.91 Å². The maximum atomic E-state index is 13.7. The second-order valence-corrected chi connectivity index (χ2v) is 5.75. The fraction of sp³-hybridized carbons (Fsp3) is 0.200. The molecule has 0 aliphatic rings. The molecule has 0 saturated heterocycles. The standard InChI is InChI=1S/C15H14FN3OS/c1-2-11(14-17-6-7-18-14)19-15(20)13-8-9-10(16)4-3-5-12(9)21-13/h3-8,11H,2H2,1H3,(H,17,18)(H,19,20). The highest BCUT2D eigenvalue weighted by molar-refractivity contribution is 7.20. The third-order valence-electron chi connectivity index (χ3n) is 3.30. The molecule has 2 heterocycles. The van der Waals surface area contributed by atoms with Crippen LogP contribution in [0.15, 0.2) is 36.7 Å². The lowest BCUT2D eigenvalue weighted by atomic mass is 10.2. The first-order chi connectivity index (χ1) is 10.2. The number of carbonyl (C=O) groups is 1. The van der Waals surface area contributed by atoms with Crippen molar-refractivity contribution in [2.45, 2.75) is 19.4 Å². The van der Waals surface area contributed by atoms with Crippen molar-refractivity contribution >= 4 is 27.3 Å². The Hall–Kier alpha value is -2.21. The fourth-order valence-electron chi connectivity index (χ4n) is 2.20.